The molecular weight excluding hydrogens is 492 g/mol. The van der Waals surface area contributed by atoms with Gasteiger partial charge in [0.25, 0.3) is 23.6 Å². The van der Waals surface area contributed by atoms with Gasteiger partial charge >= 0.3 is 0 Å². The van der Waals surface area contributed by atoms with Crippen LogP contribution in [0, 0.1) is 0 Å². The summed E-state index contributed by atoms with van der Waals surface area (Å²) in [4.78, 5) is 50.8. The Morgan fingerprint density at radius 3 is 1.18 bits per heavy atom. The van der Waals surface area contributed by atoms with Crippen molar-refractivity contribution >= 4 is 35.0 Å². The van der Waals surface area contributed by atoms with Crippen molar-refractivity contribution in [1.29, 1.82) is 0 Å². The van der Waals surface area contributed by atoms with Gasteiger partial charge in [-0.05, 0) is 12.5 Å². The summed E-state index contributed by atoms with van der Waals surface area (Å²) in [6, 6.07) is 4.67. The number of nitrogens with zero attached hydrogens (tertiary/aromatic N) is 2. The van der Waals surface area contributed by atoms with Crippen LogP contribution in [-0.2, 0) is 19.2 Å². The summed E-state index contributed by atoms with van der Waals surface area (Å²) >= 11 is 0. The summed E-state index contributed by atoms with van der Waals surface area (Å²) < 4.78 is 5.93. The molecular formula is C32H44N2O5. The summed E-state index contributed by atoms with van der Waals surface area (Å²) in [7, 11) is 0. The molecule has 7 nitrogen and oxygen atoms in total. The van der Waals surface area contributed by atoms with Crippen LogP contribution in [0.5, 0.6) is 5.75 Å². The average Bonchev–Trinajstić information content (AvgIpc) is 3.44. The second kappa shape index (κ2) is 16.7. The Morgan fingerprint density at radius 2 is 0.821 bits per heavy atom. The van der Waals surface area contributed by atoms with Gasteiger partial charge in [-0.1, -0.05) is 103 Å². The quantitative estimate of drug-likeness (QED) is 0.130. The third-order valence-corrected chi connectivity index (χ3v) is 7.28. The fourth-order valence-electron chi connectivity index (χ4n) is 5.06. The molecule has 4 amide bonds. The van der Waals surface area contributed by atoms with E-state index in [0.717, 1.165) is 29.1 Å². The molecule has 0 saturated heterocycles. The van der Waals surface area contributed by atoms with Crippen LogP contribution < -0.4 is 14.5 Å². The van der Waals surface area contributed by atoms with Crippen molar-refractivity contribution in [3.05, 3.63) is 42.5 Å². The van der Waals surface area contributed by atoms with Gasteiger partial charge in [-0.15, -0.1) is 0 Å². The molecule has 3 rings (SSSR count). The molecule has 0 atom stereocenters. The van der Waals surface area contributed by atoms with E-state index in [9.17, 15) is 19.2 Å². The largest absolute Gasteiger partial charge is 0.493 e. The minimum atomic E-state index is -0.474. The van der Waals surface area contributed by atoms with Crippen molar-refractivity contribution in [2.45, 2.75) is 110 Å². The van der Waals surface area contributed by atoms with Crippen LogP contribution in [0.1, 0.15) is 110 Å². The van der Waals surface area contributed by atoms with Crippen LogP contribution in [0.15, 0.2) is 42.5 Å². The van der Waals surface area contributed by atoms with Crippen molar-refractivity contribution < 1.29 is 23.9 Å². The molecule has 2 heterocycles. The van der Waals surface area contributed by atoms with Crippen LogP contribution in [0.2, 0.25) is 0 Å². The summed E-state index contributed by atoms with van der Waals surface area (Å²) in [5, 5.41) is 0. The predicted molar refractivity (Wildman–Crippen MR) is 155 cm³/mol. The van der Waals surface area contributed by atoms with Crippen LogP contribution in [-0.4, -0.2) is 30.2 Å². The first kappa shape index (κ1) is 30.3. The van der Waals surface area contributed by atoms with E-state index in [0.29, 0.717) is 12.4 Å². The van der Waals surface area contributed by atoms with Gasteiger partial charge in [-0.3, -0.25) is 19.2 Å². The van der Waals surface area contributed by atoms with E-state index in [2.05, 4.69) is 6.92 Å². The Morgan fingerprint density at radius 1 is 0.487 bits per heavy atom. The van der Waals surface area contributed by atoms with Gasteiger partial charge in [0.05, 0.1) is 18.0 Å². The van der Waals surface area contributed by atoms with E-state index in [4.69, 9.17) is 4.74 Å². The lowest BCUT2D eigenvalue weighted by atomic mass is 10.0. The lowest BCUT2D eigenvalue weighted by molar-refractivity contribution is -0.121. The highest BCUT2D eigenvalue weighted by molar-refractivity contribution is 6.30. The van der Waals surface area contributed by atoms with Crippen molar-refractivity contribution in [2.75, 3.05) is 16.4 Å². The number of imide groups is 2. The lowest BCUT2D eigenvalue weighted by Crippen LogP contribution is -2.32. The highest BCUT2D eigenvalue weighted by Gasteiger charge is 2.30. The van der Waals surface area contributed by atoms with Crippen LogP contribution >= 0.6 is 0 Å². The van der Waals surface area contributed by atoms with Crippen molar-refractivity contribution in [2.24, 2.45) is 0 Å². The molecule has 0 N–H and O–H groups in total. The fraction of sp³-hybridized carbons (Fsp3) is 0.562. The monoisotopic (exact) mass is 536 g/mol. The van der Waals surface area contributed by atoms with E-state index in [-0.39, 0.29) is 11.4 Å². The van der Waals surface area contributed by atoms with Gasteiger partial charge in [0, 0.05) is 36.4 Å². The van der Waals surface area contributed by atoms with E-state index >= 15 is 0 Å². The molecule has 0 spiro atoms. The van der Waals surface area contributed by atoms with E-state index in [1.165, 1.54) is 114 Å². The van der Waals surface area contributed by atoms with Crippen LogP contribution in [0.25, 0.3) is 0 Å². The average molecular weight is 537 g/mol. The van der Waals surface area contributed by atoms with Crippen LogP contribution in [0.4, 0.5) is 11.4 Å². The number of anilines is 2. The normalized spacial score (nSPS) is 14.9. The van der Waals surface area contributed by atoms with E-state index in [1.807, 2.05) is 0 Å². The summed E-state index contributed by atoms with van der Waals surface area (Å²) in [6.45, 7) is 2.74. The van der Waals surface area contributed by atoms with Crippen molar-refractivity contribution in [3.8, 4) is 5.75 Å². The number of carbonyl (C=O) groups excluding carboxylic acids is 4. The maximum atomic E-state index is 12.2. The minimum Gasteiger partial charge on any atom is -0.493 e. The van der Waals surface area contributed by atoms with Gasteiger partial charge in [0.2, 0.25) is 0 Å². The van der Waals surface area contributed by atoms with Crippen molar-refractivity contribution in [1.82, 2.24) is 0 Å². The SMILES string of the molecule is CCCCCCCCCCCCCCCCCCOc1cc(N2C(=O)C=CC2=O)cc(N2C(=O)C=CC2=O)c1. The zero-order valence-electron chi connectivity index (χ0n) is 23.5. The first-order chi connectivity index (χ1) is 19.0. The van der Waals surface area contributed by atoms with Gasteiger partial charge in [0.15, 0.2) is 0 Å². The molecule has 2 aliphatic rings. The standard InChI is InChI=1S/C32H44N2O5/c1-2-3-4-5-6-7-8-9-10-11-12-13-14-15-16-17-22-39-28-24-26(33-29(35)18-19-30(33)36)23-27(25-28)34-31(37)20-21-32(34)38/h18-21,23-25H,2-17,22H2,1H3. The minimum absolute atomic E-state index is 0.266. The number of rotatable bonds is 20. The number of carbonyl (C=O) groups is 4. The number of hydrogen-bond acceptors (Lipinski definition) is 5. The molecule has 1 aromatic carbocycles. The highest BCUT2D eigenvalue weighted by Crippen LogP contribution is 2.32. The summed E-state index contributed by atoms with van der Waals surface area (Å²) in [5.41, 5.74) is 0.531. The van der Waals surface area contributed by atoms with Gasteiger partial charge in [0.1, 0.15) is 5.75 Å². The lowest BCUT2D eigenvalue weighted by Gasteiger charge is -2.20. The predicted octanol–water partition coefficient (Wildman–Crippen LogP) is 7.19. The zero-order valence-corrected chi connectivity index (χ0v) is 23.5. The summed E-state index contributed by atoms with van der Waals surface area (Å²) in [5.74, 6) is -1.49. The number of ether oxygens (including phenoxy) is 1. The maximum absolute atomic E-state index is 12.2. The number of benzene rings is 1. The zero-order chi connectivity index (χ0) is 27.9. The first-order valence-corrected chi connectivity index (χ1v) is 14.9. The molecule has 39 heavy (non-hydrogen) atoms. The topological polar surface area (TPSA) is 84.0 Å². The molecule has 2 aliphatic heterocycles. The fourth-order valence-corrected chi connectivity index (χ4v) is 5.06. The molecule has 0 saturated carbocycles. The molecule has 7 heteroatoms. The molecule has 0 bridgehead atoms. The Labute approximate surface area is 233 Å². The van der Waals surface area contributed by atoms with Gasteiger partial charge in [-0.2, -0.15) is 0 Å². The van der Waals surface area contributed by atoms with E-state index < -0.39 is 23.6 Å². The Bertz CT molecular complexity index is 949. The molecule has 0 fully saturated rings. The number of unbranched alkanes of at least 4 members (excludes halogenated alkanes) is 15. The maximum Gasteiger partial charge on any atom is 0.258 e. The van der Waals surface area contributed by atoms with E-state index in [1.54, 1.807) is 12.1 Å². The molecule has 212 valence electrons. The Kier molecular flexibility index (Phi) is 13.0. The molecule has 0 unspecified atom stereocenters. The molecule has 0 aromatic heterocycles. The Balaban J connectivity index is 1.33. The first-order valence-electron chi connectivity index (χ1n) is 14.9. The van der Waals surface area contributed by atoms with Crippen molar-refractivity contribution in [3.63, 3.8) is 0 Å². The highest BCUT2D eigenvalue weighted by atomic mass is 16.5. The number of amides is 4. The second-order valence-electron chi connectivity index (χ2n) is 10.5. The third kappa shape index (κ3) is 9.79. The van der Waals surface area contributed by atoms with Gasteiger partial charge < -0.3 is 4.74 Å². The summed E-state index contributed by atoms with van der Waals surface area (Å²) in [6.07, 6.45) is 25.5. The molecule has 0 aliphatic carbocycles. The van der Waals surface area contributed by atoms with Crippen LogP contribution in [0.3, 0.4) is 0 Å². The smallest absolute Gasteiger partial charge is 0.258 e. The molecule has 0 radical (unpaired) electrons. The number of hydrogen-bond donors (Lipinski definition) is 0. The van der Waals surface area contributed by atoms with Gasteiger partial charge in [-0.25, -0.2) is 9.80 Å². The molecule has 1 aromatic rings. The Hall–Kier alpha value is -3.22. The third-order valence-electron chi connectivity index (χ3n) is 7.28. The second-order valence-corrected chi connectivity index (χ2v) is 10.5.